The number of nitrogens with one attached hydrogen (secondary N) is 1. The van der Waals surface area contributed by atoms with Gasteiger partial charge in [0, 0.05) is 29.2 Å². The van der Waals surface area contributed by atoms with Gasteiger partial charge in [-0.2, -0.15) is 18.4 Å². The van der Waals surface area contributed by atoms with Gasteiger partial charge in [-0.3, -0.25) is 24.2 Å². The summed E-state index contributed by atoms with van der Waals surface area (Å²) in [5.41, 5.74) is -3.04. The Morgan fingerprint density at radius 2 is 1.71 bits per heavy atom. The van der Waals surface area contributed by atoms with E-state index >= 15 is 8.78 Å². The summed E-state index contributed by atoms with van der Waals surface area (Å²) < 4.78 is 77.1. The average molecular weight is 697 g/mol. The van der Waals surface area contributed by atoms with Crippen molar-refractivity contribution in [3.8, 4) is 6.07 Å². The number of hydrogen-bond acceptors (Lipinski definition) is 6. The van der Waals surface area contributed by atoms with E-state index in [-0.39, 0.29) is 61.3 Å². The molecule has 0 saturated carbocycles. The molecule has 4 atom stereocenters. The van der Waals surface area contributed by atoms with Gasteiger partial charge in [0.25, 0.3) is 0 Å². The Kier molecular flexibility index (Phi) is 15.2. The summed E-state index contributed by atoms with van der Waals surface area (Å²) >= 11 is 12.0. The highest BCUT2D eigenvalue weighted by atomic mass is 35.5. The van der Waals surface area contributed by atoms with E-state index in [4.69, 9.17) is 27.9 Å². The predicted molar refractivity (Wildman–Crippen MR) is 150 cm³/mol. The van der Waals surface area contributed by atoms with Gasteiger partial charge in [-0.05, 0) is 42.0 Å². The first-order chi connectivity index (χ1) is 19.5. The molecule has 3 rings (SSSR count). The van der Waals surface area contributed by atoms with Crippen molar-refractivity contribution in [2.45, 2.75) is 56.3 Å². The Morgan fingerprint density at radius 3 is 2.27 bits per heavy atom. The van der Waals surface area contributed by atoms with Crippen LogP contribution in [0.5, 0.6) is 0 Å². The summed E-state index contributed by atoms with van der Waals surface area (Å²) in [6.45, 7) is 2.61. The lowest BCUT2D eigenvalue weighted by atomic mass is 9.62. The number of ether oxygens (including phenoxy) is 2. The van der Waals surface area contributed by atoms with Gasteiger partial charge in [0.2, 0.25) is 0 Å². The van der Waals surface area contributed by atoms with Crippen LogP contribution in [0.3, 0.4) is 0 Å². The van der Waals surface area contributed by atoms with Gasteiger partial charge in [0.1, 0.15) is 29.7 Å². The van der Waals surface area contributed by atoms with Crippen LogP contribution in [0.1, 0.15) is 43.7 Å². The van der Waals surface area contributed by atoms with Crippen molar-refractivity contribution in [1.82, 2.24) is 5.32 Å². The van der Waals surface area contributed by atoms with E-state index in [2.05, 4.69) is 16.1 Å². The number of carboxylic acid groups (broad SMARTS) is 1. The summed E-state index contributed by atoms with van der Waals surface area (Å²) in [6, 6.07) is 7.14. The molecule has 252 valence electrons. The molecule has 2 aromatic rings. The van der Waals surface area contributed by atoms with Crippen LogP contribution in [-0.2, 0) is 24.5 Å². The van der Waals surface area contributed by atoms with Crippen LogP contribution < -0.4 is 5.32 Å². The van der Waals surface area contributed by atoms with Gasteiger partial charge >= 0.3 is 18.1 Å². The number of alkyl halides is 3. The van der Waals surface area contributed by atoms with Crippen LogP contribution >= 0.6 is 23.2 Å². The predicted octanol–water partition coefficient (Wildman–Crippen LogP) is 6.63. The van der Waals surface area contributed by atoms with Gasteiger partial charge in [0.05, 0.1) is 17.7 Å². The Morgan fingerprint density at radius 1 is 1.07 bits per heavy atom. The van der Waals surface area contributed by atoms with Crippen molar-refractivity contribution < 1.29 is 60.2 Å². The van der Waals surface area contributed by atoms with Crippen molar-refractivity contribution in [1.29, 1.82) is 5.26 Å². The molecule has 0 amide bonds. The third-order valence-corrected chi connectivity index (χ3v) is 7.80. The number of carbonyl (C=O) groups is 2. The summed E-state index contributed by atoms with van der Waals surface area (Å²) in [4.78, 5) is 23.3. The fourth-order valence-corrected chi connectivity index (χ4v) is 5.65. The van der Waals surface area contributed by atoms with Crippen LogP contribution in [0.15, 0.2) is 36.4 Å². The molecule has 7 nitrogen and oxygen atoms in total. The molecule has 1 aliphatic heterocycles. The van der Waals surface area contributed by atoms with Crippen LogP contribution in [-0.4, -0.2) is 55.1 Å². The second-order valence-corrected chi connectivity index (χ2v) is 11.5. The molecule has 0 bridgehead atoms. The van der Waals surface area contributed by atoms with Crippen molar-refractivity contribution in [2.24, 2.45) is 5.41 Å². The highest BCUT2D eigenvalue weighted by Crippen LogP contribution is 2.53. The maximum atomic E-state index is 15.5. The zero-order valence-corrected chi connectivity index (χ0v) is 25.1. The van der Waals surface area contributed by atoms with Crippen LogP contribution in [0.2, 0.25) is 10.0 Å². The largest absolute Gasteiger partial charge is 0.490 e. The number of rotatable bonds is 11. The third-order valence-electron chi connectivity index (χ3n) is 7.27. The normalized spacial score (nSPS) is 21.0. The molecule has 0 radical (unpaired) electrons. The molecular weight excluding hydrogens is 667 g/mol. The van der Waals surface area contributed by atoms with E-state index in [1.54, 1.807) is 13.8 Å². The van der Waals surface area contributed by atoms with E-state index < -0.39 is 65.2 Å². The Labute approximate surface area is 262 Å². The monoisotopic (exact) mass is 696 g/mol. The van der Waals surface area contributed by atoms with Gasteiger partial charge in [-0.1, -0.05) is 55.2 Å². The topological polar surface area (TPSA) is 109 Å². The first-order valence-corrected chi connectivity index (χ1v) is 13.4. The Bertz CT molecular complexity index is 1380. The molecule has 1 fully saturated rings. The number of aliphatic carboxylic acids is 1. The number of nitrogens with zero attached hydrogens (tertiary/aromatic N) is 1. The molecule has 0 aliphatic carbocycles. The fourth-order valence-electron chi connectivity index (χ4n) is 5.31. The second kappa shape index (κ2) is 16.4. The van der Waals surface area contributed by atoms with Crippen LogP contribution in [0.4, 0.5) is 36.1 Å². The van der Waals surface area contributed by atoms with E-state index in [1.165, 1.54) is 30.3 Å². The van der Waals surface area contributed by atoms with Gasteiger partial charge in [0.15, 0.2) is 0 Å². The lowest BCUT2D eigenvalue weighted by Gasteiger charge is -2.38. The molecule has 4 unspecified atom stereocenters. The number of carboxylic acids is 1. The Hall–Kier alpha value is -3.19. The molecule has 1 aliphatic rings. The standard InChI is InChI=1S/C28H27Cl2F5N2O5.3FH/c1-26(2,8-9-41-10-11-42-25(40)28(33,34)35)13-20-27(14-36,17-7-6-15(29)12-19(17)31)21(23(37-20)24(38)39)16-4-3-5-18(30)22(16)32;;;/h3-7,12,20-21,23,37H,8-11,13H2,1-2H3,(H,38,39);3*1H. The first kappa shape index (κ1) is 41.8. The lowest BCUT2D eigenvalue weighted by molar-refractivity contribution is -0.200. The number of hydrogen-bond donors (Lipinski definition) is 2. The van der Waals surface area contributed by atoms with E-state index in [1.807, 2.05) is 0 Å². The van der Waals surface area contributed by atoms with E-state index in [0.717, 1.165) is 6.07 Å². The third kappa shape index (κ3) is 9.18. The van der Waals surface area contributed by atoms with Crippen molar-refractivity contribution in [3.05, 3.63) is 69.2 Å². The highest BCUT2D eigenvalue weighted by Gasteiger charge is 2.61. The summed E-state index contributed by atoms with van der Waals surface area (Å²) in [7, 11) is 0. The van der Waals surface area contributed by atoms with Crippen LogP contribution in [0.25, 0.3) is 0 Å². The molecule has 1 saturated heterocycles. The van der Waals surface area contributed by atoms with Crippen molar-refractivity contribution in [2.75, 3.05) is 19.8 Å². The number of carbonyl (C=O) groups excluding carboxylic acids is 1. The average Bonchev–Trinajstić information content (AvgIpc) is 3.21. The molecule has 45 heavy (non-hydrogen) atoms. The Balaban J connectivity index is 0.00000645. The summed E-state index contributed by atoms with van der Waals surface area (Å²) in [5, 5.41) is 23.5. The van der Waals surface area contributed by atoms with Crippen LogP contribution in [0, 0.1) is 28.4 Å². The minimum Gasteiger partial charge on any atom is -0.480 e. The maximum Gasteiger partial charge on any atom is 0.490 e. The zero-order valence-electron chi connectivity index (χ0n) is 23.6. The molecule has 2 N–H and O–H groups in total. The second-order valence-electron chi connectivity index (χ2n) is 10.6. The molecule has 0 aromatic heterocycles. The smallest absolute Gasteiger partial charge is 0.480 e. The summed E-state index contributed by atoms with van der Waals surface area (Å²) in [5.74, 6) is -6.98. The van der Waals surface area contributed by atoms with Crippen molar-refractivity contribution in [3.63, 3.8) is 0 Å². The minimum absolute atomic E-state index is 0. The molecule has 2 aromatic carbocycles. The molecular formula is C28H30Cl2F8N2O5. The zero-order chi connectivity index (χ0) is 31.5. The quantitative estimate of drug-likeness (QED) is 0.154. The lowest BCUT2D eigenvalue weighted by Crippen LogP contribution is -2.45. The molecule has 17 heteroatoms. The number of halogens is 10. The molecule has 0 spiro atoms. The maximum absolute atomic E-state index is 15.5. The highest BCUT2D eigenvalue weighted by molar-refractivity contribution is 6.31. The SMILES string of the molecule is CC(C)(CCOCCOC(=O)C(F)(F)F)CC1NC(C(=O)O)C(c2cccc(Cl)c2F)C1(C#N)c1ccc(Cl)cc1F.F.F.F. The fraction of sp³-hybridized carbons (Fsp3) is 0.464. The van der Waals surface area contributed by atoms with Gasteiger partial charge in [-0.25, -0.2) is 13.6 Å². The summed E-state index contributed by atoms with van der Waals surface area (Å²) in [6.07, 6.45) is -4.79. The van der Waals surface area contributed by atoms with E-state index in [9.17, 15) is 33.1 Å². The van der Waals surface area contributed by atoms with Crippen molar-refractivity contribution >= 4 is 35.1 Å². The number of esters is 1. The first-order valence-electron chi connectivity index (χ1n) is 12.7. The van der Waals surface area contributed by atoms with E-state index in [0.29, 0.717) is 0 Å². The number of benzene rings is 2. The van der Waals surface area contributed by atoms with Gasteiger partial charge < -0.3 is 14.6 Å². The van der Waals surface area contributed by atoms with Gasteiger partial charge in [-0.15, -0.1) is 0 Å². The molecule has 1 heterocycles. The minimum atomic E-state index is -5.12. The number of nitriles is 1.